The van der Waals surface area contributed by atoms with E-state index in [1.54, 1.807) is 18.2 Å². The van der Waals surface area contributed by atoms with Crippen LogP contribution in [-0.2, 0) is 4.79 Å². The zero-order valence-corrected chi connectivity index (χ0v) is 12.8. The maximum absolute atomic E-state index is 12.1. The van der Waals surface area contributed by atoms with Crippen molar-refractivity contribution in [2.45, 2.75) is 38.1 Å². The molecule has 5 rings (SSSR count). The first-order valence-corrected chi connectivity index (χ1v) is 8.23. The van der Waals surface area contributed by atoms with E-state index in [1.165, 1.54) is 6.07 Å². The maximum Gasteiger partial charge on any atom is 0.311 e. The van der Waals surface area contributed by atoms with E-state index >= 15 is 0 Å². The average Bonchev–Trinajstić information content (AvgIpc) is 2.50. The lowest BCUT2D eigenvalue weighted by Gasteiger charge is -2.59. The molecule has 3 atom stereocenters. The van der Waals surface area contributed by atoms with Crippen molar-refractivity contribution in [1.82, 2.24) is 0 Å². The van der Waals surface area contributed by atoms with Crippen LogP contribution in [0.2, 0.25) is 0 Å². The first-order chi connectivity index (χ1) is 11.0. The number of nitrogens with zero attached hydrogens (tertiary/aromatic N) is 1. The topological polar surface area (TPSA) is 92.5 Å². The smallest absolute Gasteiger partial charge is 0.311 e. The third-order valence-electron chi connectivity index (χ3n) is 6.15. The van der Waals surface area contributed by atoms with Crippen molar-refractivity contribution >= 4 is 17.3 Å². The molecule has 1 aromatic carbocycles. The van der Waals surface area contributed by atoms with Gasteiger partial charge in [0.25, 0.3) is 5.69 Å². The second-order valence-electron chi connectivity index (χ2n) is 7.47. The number of para-hydroxylation sites is 2. The van der Waals surface area contributed by atoms with Crippen LogP contribution in [-0.4, -0.2) is 22.0 Å². The molecule has 23 heavy (non-hydrogen) atoms. The highest BCUT2D eigenvalue weighted by Crippen LogP contribution is 2.60. The van der Waals surface area contributed by atoms with Gasteiger partial charge in [-0.1, -0.05) is 12.1 Å². The minimum absolute atomic E-state index is 0.0156. The standard InChI is InChI=1S/C17H20N2O4/c20-16(21)17-8-10-5-11(9-17)7-12(6-10)15(17)18-13-3-1-2-4-14(13)19(22)23/h1-4,10-12,15,18H,5-9H2,(H,20,21). The number of benzene rings is 1. The molecule has 6 nitrogen and oxygen atoms in total. The van der Waals surface area contributed by atoms with Crippen molar-refractivity contribution < 1.29 is 14.8 Å². The molecular weight excluding hydrogens is 296 g/mol. The Balaban J connectivity index is 1.71. The molecule has 4 fully saturated rings. The van der Waals surface area contributed by atoms with Gasteiger partial charge in [0.15, 0.2) is 0 Å². The number of nitrogens with one attached hydrogen (secondary N) is 1. The molecule has 3 unspecified atom stereocenters. The van der Waals surface area contributed by atoms with Crippen LogP contribution in [0, 0.1) is 33.3 Å². The quantitative estimate of drug-likeness (QED) is 0.657. The van der Waals surface area contributed by atoms with Crippen molar-refractivity contribution in [3.05, 3.63) is 34.4 Å². The van der Waals surface area contributed by atoms with Gasteiger partial charge in [0.1, 0.15) is 5.69 Å². The minimum atomic E-state index is -0.765. The van der Waals surface area contributed by atoms with E-state index in [2.05, 4.69) is 5.32 Å². The first kappa shape index (κ1) is 14.5. The first-order valence-electron chi connectivity index (χ1n) is 8.23. The van der Waals surface area contributed by atoms with Gasteiger partial charge in [0.2, 0.25) is 0 Å². The van der Waals surface area contributed by atoms with E-state index in [4.69, 9.17) is 0 Å². The van der Waals surface area contributed by atoms with Gasteiger partial charge in [-0.3, -0.25) is 14.9 Å². The molecule has 2 N–H and O–H groups in total. The Morgan fingerprint density at radius 3 is 2.48 bits per heavy atom. The molecule has 122 valence electrons. The molecule has 0 saturated heterocycles. The molecule has 4 aliphatic rings. The molecule has 0 radical (unpaired) electrons. The van der Waals surface area contributed by atoms with Gasteiger partial charge in [-0.2, -0.15) is 0 Å². The van der Waals surface area contributed by atoms with E-state index in [0.29, 0.717) is 36.3 Å². The van der Waals surface area contributed by atoms with E-state index in [1.807, 2.05) is 0 Å². The van der Waals surface area contributed by atoms with Gasteiger partial charge in [-0.05, 0) is 55.9 Å². The summed E-state index contributed by atoms with van der Waals surface area (Å²) in [5.74, 6) is 0.574. The summed E-state index contributed by atoms with van der Waals surface area (Å²) in [7, 11) is 0. The number of nitro benzene ring substituents is 1. The fraction of sp³-hybridized carbons (Fsp3) is 0.588. The number of carboxylic acid groups (broad SMARTS) is 1. The van der Waals surface area contributed by atoms with Crippen LogP contribution in [0.15, 0.2) is 24.3 Å². The molecule has 0 spiro atoms. The average molecular weight is 316 g/mol. The summed E-state index contributed by atoms with van der Waals surface area (Å²) in [6, 6.07) is 6.31. The highest BCUT2D eigenvalue weighted by Gasteiger charge is 2.61. The SMILES string of the molecule is O=C(O)C12CC3CC(CC(C3)C1Nc1ccccc1[N+](=O)[O-])C2. The maximum atomic E-state index is 12.1. The Labute approximate surface area is 134 Å². The molecule has 4 saturated carbocycles. The van der Waals surface area contributed by atoms with Crippen LogP contribution in [0.3, 0.4) is 0 Å². The fourth-order valence-corrected chi connectivity index (χ4v) is 5.53. The third kappa shape index (κ3) is 2.11. The Morgan fingerprint density at radius 1 is 1.22 bits per heavy atom. The lowest BCUT2D eigenvalue weighted by molar-refractivity contribution is -0.384. The Bertz CT molecular complexity index is 660. The van der Waals surface area contributed by atoms with Crippen molar-refractivity contribution in [3.63, 3.8) is 0 Å². The van der Waals surface area contributed by atoms with E-state index in [-0.39, 0.29) is 11.7 Å². The molecule has 4 bridgehead atoms. The largest absolute Gasteiger partial charge is 0.481 e. The van der Waals surface area contributed by atoms with Crippen molar-refractivity contribution in [2.75, 3.05) is 5.32 Å². The van der Waals surface area contributed by atoms with Gasteiger partial charge in [0, 0.05) is 12.1 Å². The predicted molar refractivity (Wildman–Crippen MR) is 84.1 cm³/mol. The van der Waals surface area contributed by atoms with Gasteiger partial charge in [-0.25, -0.2) is 0 Å². The number of hydrogen-bond donors (Lipinski definition) is 2. The van der Waals surface area contributed by atoms with Crippen LogP contribution >= 0.6 is 0 Å². The van der Waals surface area contributed by atoms with Crippen molar-refractivity contribution in [1.29, 1.82) is 0 Å². The fourth-order valence-electron chi connectivity index (χ4n) is 5.53. The minimum Gasteiger partial charge on any atom is -0.481 e. The zero-order valence-electron chi connectivity index (χ0n) is 12.8. The summed E-state index contributed by atoms with van der Waals surface area (Å²) in [4.78, 5) is 22.9. The number of rotatable bonds is 4. The Kier molecular flexibility index (Phi) is 3.11. The van der Waals surface area contributed by atoms with Gasteiger partial charge in [0.05, 0.1) is 10.3 Å². The third-order valence-corrected chi connectivity index (χ3v) is 6.15. The number of nitro groups is 1. The van der Waals surface area contributed by atoms with Crippen LogP contribution in [0.1, 0.15) is 32.1 Å². The highest BCUT2D eigenvalue weighted by atomic mass is 16.6. The van der Waals surface area contributed by atoms with E-state index < -0.39 is 16.3 Å². The van der Waals surface area contributed by atoms with Crippen LogP contribution in [0.4, 0.5) is 11.4 Å². The van der Waals surface area contributed by atoms with Crippen LogP contribution in [0.5, 0.6) is 0 Å². The summed E-state index contributed by atoms with van der Waals surface area (Å²) in [6.07, 6.45) is 4.65. The molecule has 4 aliphatic carbocycles. The van der Waals surface area contributed by atoms with Crippen molar-refractivity contribution in [2.24, 2.45) is 23.2 Å². The van der Waals surface area contributed by atoms with E-state index in [0.717, 1.165) is 19.3 Å². The lowest BCUT2D eigenvalue weighted by Crippen LogP contribution is -2.62. The number of anilines is 1. The Hall–Kier alpha value is -2.11. The number of aliphatic carboxylic acids is 1. The second-order valence-corrected chi connectivity index (χ2v) is 7.47. The van der Waals surface area contributed by atoms with Gasteiger partial charge in [-0.15, -0.1) is 0 Å². The molecule has 0 aliphatic heterocycles. The number of hydrogen-bond acceptors (Lipinski definition) is 4. The summed E-state index contributed by atoms with van der Waals surface area (Å²) in [5.41, 5.74) is -0.309. The van der Waals surface area contributed by atoms with Crippen LogP contribution in [0.25, 0.3) is 0 Å². The number of carbonyl (C=O) groups is 1. The highest BCUT2D eigenvalue weighted by molar-refractivity contribution is 5.78. The molecule has 1 aromatic rings. The summed E-state index contributed by atoms with van der Waals surface area (Å²) >= 11 is 0. The second kappa shape index (κ2) is 4.94. The summed E-state index contributed by atoms with van der Waals surface area (Å²) in [5, 5.41) is 24.4. The number of carboxylic acids is 1. The molecule has 6 heteroatoms. The molecule has 0 heterocycles. The molecule has 0 aromatic heterocycles. The normalized spacial score (nSPS) is 37.6. The zero-order chi connectivity index (χ0) is 16.2. The van der Waals surface area contributed by atoms with Crippen LogP contribution < -0.4 is 5.32 Å². The van der Waals surface area contributed by atoms with Gasteiger partial charge < -0.3 is 10.4 Å². The summed E-state index contributed by atoms with van der Waals surface area (Å²) in [6.45, 7) is 0. The summed E-state index contributed by atoms with van der Waals surface area (Å²) < 4.78 is 0. The molecular formula is C17H20N2O4. The van der Waals surface area contributed by atoms with Gasteiger partial charge >= 0.3 is 5.97 Å². The Morgan fingerprint density at radius 2 is 1.87 bits per heavy atom. The predicted octanol–water partition coefficient (Wildman–Crippen LogP) is 3.29. The van der Waals surface area contributed by atoms with E-state index in [9.17, 15) is 20.0 Å². The monoisotopic (exact) mass is 316 g/mol. The molecule has 0 amide bonds. The lowest BCUT2D eigenvalue weighted by atomic mass is 9.47. The van der Waals surface area contributed by atoms with Crippen molar-refractivity contribution in [3.8, 4) is 0 Å².